The van der Waals surface area contributed by atoms with Gasteiger partial charge in [-0.25, -0.2) is 9.97 Å². The largest absolute Gasteiger partial charge is 0.476 e. The molecule has 0 N–H and O–H groups in total. The van der Waals surface area contributed by atoms with E-state index in [4.69, 9.17) is 4.74 Å². The highest BCUT2D eigenvalue weighted by Crippen LogP contribution is 2.20. The predicted molar refractivity (Wildman–Crippen MR) is 79.9 cm³/mol. The molecule has 0 saturated carbocycles. The Hall–Kier alpha value is -2.87. The third-order valence-electron chi connectivity index (χ3n) is 2.90. The average Bonchev–Trinajstić information content (AvgIpc) is 2.88. The zero-order valence-corrected chi connectivity index (χ0v) is 11.9. The first-order chi connectivity index (χ1) is 10.3. The Morgan fingerprint density at radius 1 is 1.14 bits per heavy atom. The summed E-state index contributed by atoms with van der Waals surface area (Å²) in [5.74, 6) is 6.92. The van der Waals surface area contributed by atoms with Crippen LogP contribution < -0.4 is 4.74 Å². The summed E-state index contributed by atoms with van der Waals surface area (Å²) in [6.07, 6.45) is 1.69. The zero-order chi connectivity index (χ0) is 14.7. The van der Waals surface area contributed by atoms with Gasteiger partial charge in [0.1, 0.15) is 0 Å². The molecule has 2 aromatic heterocycles. The standard InChI is InChI=1S/C16H14N4O/c1-3-21-16-14-15(20(2)11-17-14)18-13(19-16)10-9-12-7-5-4-6-8-12/h4-8,11H,3H2,1-2H3. The Morgan fingerprint density at radius 2 is 1.95 bits per heavy atom. The molecule has 0 aliphatic carbocycles. The van der Waals surface area contributed by atoms with E-state index in [1.54, 1.807) is 6.33 Å². The van der Waals surface area contributed by atoms with Gasteiger partial charge in [-0.05, 0) is 25.0 Å². The molecule has 0 radical (unpaired) electrons. The van der Waals surface area contributed by atoms with Crippen LogP contribution in [0, 0.1) is 11.8 Å². The van der Waals surface area contributed by atoms with Gasteiger partial charge in [-0.2, -0.15) is 4.98 Å². The summed E-state index contributed by atoms with van der Waals surface area (Å²) in [6.45, 7) is 2.43. The first-order valence-electron chi connectivity index (χ1n) is 6.67. The van der Waals surface area contributed by atoms with Crippen LogP contribution in [0.1, 0.15) is 18.3 Å². The summed E-state index contributed by atoms with van der Waals surface area (Å²) in [5, 5.41) is 0. The van der Waals surface area contributed by atoms with E-state index in [0.29, 0.717) is 29.5 Å². The van der Waals surface area contributed by atoms with Crippen molar-refractivity contribution in [1.82, 2.24) is 19.5 Å². The van der Waals surface area contributed by atoms with Crippen LogP contribution in [0.2, 0.25) is 0 Å². The number of nitrogens with zero attached hydrogens (tertiary/aromatic N) is 4. The van der Waals surface area contributed by atoms with E-state index >= 15 is 0 Å². The van der Waals surface area contributed by atoms with Crippen LogP contribution in [-0.4, -0.2) is 26.1 Å². The molecule has 21 heavy (non-hydrogen) atoms. The van der Waals surface area contributed by atoms with E-state index in [1.165, 1.54) is 0 Å². The van der Waals surface area contributed by atoms with Gasteiger partial charge in [-0.3, -0.25) is 0 Å². The molecular formula is C16H14N4O. The Labute approximate surface area is 122 Å². The highest BCUT2D eigenvalue weighted by atomic mass is 16.5. The smallest absolute Gasteiger partial charge is 0.246 e. The van der Waals surface area contributed by atoms with E-state index in [1.807, 2.05) is 48.9 Å². The minimum absolute atomic E-state index is 0.429. The number of hydrogen-bond donors (Lipinski definition) is 0. The first-order valence-corrected chi connectivity index (χ1v) is 6.67. The maximum atomic E-state index is 5.53. The molecule has 3 rings (SSSR count). The van der Waals surface area contributed by atoms with Gasteiger partial charge in [0.15, 0.2) is 11.2 Å². The highest BCUT2D eigenvalue weighted by molar-refractivity contribution is 5.76. The van der Waals surface area contributed by atoms with Gasteiger partial charge in [0.25, 0.3) is 0 Å². The summed E-state index contributed by atoms with van der Waals surface area (Å²) >= 11 is 0. The lowest BCUT2D eigenvalue weighted by Gasteiger charge is -2.03. The molecule has 0 aliphatic heterocycles. The minimum atomic E-state index is 0.429. The number of hydrogen-bond acceptors (Lipinski definition) is 4. The SMILES string of the molecule is CCOc1nc(C#Cc2ccccc2)nc2c1ncn2C. The fraction of sp³-hybridized carbons (Fsp3) is 0.188. The van der Waals surface area contributed by atoms with Gasteiger partial charge >= 0.3 is 0 Å². The summed E-state index contributed by atoms with van der Waals surface area (Å²) in [5.41, 5.74) is 2.29. The summed E-state index contributed by atoms with van der Waals surface area (Å²) in [6, 6.07) is 9.73. The van der Waals surface area contributed by atoms with Gasteiger partial charge in [0.05, 0.1) is 12.9 Å². The van der Waals surface area contributed by atoms with E-state index < -0.39 is 0 Å². The lowest BCUT2D eigenvalue weighted by atomic mass is 10.2. The van der Waals surface area contributed by atoms with Gasteiger partial charge in [-0.1, -0.05) is 24.1 Å². The van der Waals surface area contributed by atoms with Crippen molar-refractivity contribution in [2.75, 3.05) is 6.61 Å². The monoisotopic (exact) mass is 278 g/mol. The number of fused-ring (bicyclic) bond motifs is 1. The van der Waals surface area contributed by atoms with Crippen LogP contribution in [0.4, 0.5) is 0 Å². The van der Waals surface area contributed by atoms with Crippen LogP contribution in [0.15, 0.2) is 36.7 Å². The van der Waals surface area contributed by atoms with Crippen molar-refractivity contribution in [3.05, 3.63) is 48.0 Å². The van der Waals surface area contributed by atoms with Crippen LogP contribution >= 0.6 is 0 Å². The molecular weight excluding hydrogens is 264 g/mol. The van der Waals surface area contributed by atoms with Gasteiger partial charge < -0.3 is 9.30 Å². The molecule has 2 heterocycles. The molecule has 3 aromatic rings. The fourth-order valence-electron chi connectivity index (χ4n) is 1.92. The lowest BCUT2D eigenvalue weighted by Crippen LogP contribution is -2.01. The summed E-state index contributed by atoms with van der Waals surface area (Å²) in [4.78, 5) is 13.0. The number of ether oxygens (including phenoxy) is 1. The van der Waals surface area contributed by atoms with E-state index in [2.05, 4.69) is 26.8 Å². The van der Waals surface area contributed by atoms with Crippen molar-refractivity contribution >= 4 is 11.2 Å². The Morgan fingerprint density at radius 3 is 2.71 bits per heavy atom. The molecule has 104 valence electrons. The normalized spacial score (nSPS) is 10.2. The van der Waals surface area contributed by atoms with Gasteiger partial charge in [-0.15, -0.1) is 0 Å². The van der Waals surface area contributed by atoms with Crippen LogP contribution in [0.25, 0.3) is 11.2 Å². The quantitative estimate of drug-likeness (QED) is 0.674. The van der Waals surface area contributed by atoms with E-state index in [-0.39, 0.29) is 0 Å². The Bertz CT molecular complexity index is 828. The number of aromatic nitrogens is 4. The second-order valence-electron chi connectivity index (χ2n) is 4.43. The lowest BCUT2D eigenvalue weighted by molar-refractivity contribution is 0.330. The molecule has 0 atom stereocenters. The first kappa shape index (κ1) is 13.1. The third-order valence-corrected chi connectivity index (χ3v) is 2.90. The van der Waals surface area contributed by atoms with E-state index in [0.717, 1.165) is 5.56 Å². The summed E-state index contributed by atoms with van der Waals surface area (Å²) < 4.78 is 7.36. The van der Waals surface area contributed by atoms with Crippen molar-refractivity contribution in [1.29, 1.82) is 0 Å². The molecule has 0 amide bonds. The second-order valence-corrected chi connectivity index (χ2v) is 4.43. The molecule has 0 unspecified atom stereocenters. The molecule has 0 aliphatic rings. The molecule has 0 bridgehead atoms. The number of aryl methyl sites for hydroxylation is 1. The van der Waals surface area contributed by atoms with Crippen molar-refractivity contribution < 1.29 is 4.74 Å². The van der Waals surface area contributed by atoms with Crippen LogP contribution in [0.5, 0.6) is 5.88 Å². The Balaban J connectivity index is 2.07. The molecule has 5 heteroatoms. The van der Waals surface area contributed by atoms with Crippen molar-refractivity contribution in [3.8, 4) is 17.7 Å². The highest BCUT2D eigenvalue weighted by Gasteiger charge is 2.11. The number of rotatable bonds is 2. The minimum Gasteiger partial charge on any atom is -0.476 e. The molecule has 1 aromatic carbocycles. The third kappa shape index (κ3) is 2.70. The maximum Gasteiger partial charge on any atom is 0.246 e. The topological polar surface area (TPSA) is 52.8 Å². The van der Waals surface area contributed by atoms with Crippen LogP contribution in [0.3, 0.4) is 0 Å². The van der Waals surface area contributed by atoms with Gasteiger partial charge in [0.2, 0.25) is 11.7 Å². The van der Waals surface area contributed by atoms with E-state index in [9.17, 15) is 0 Å². The van der Waals surface area contributed by atoms with Crippen molar-refractivity contribution in [2.24, 2.45) is 7.05 Å². The predicted octanol–water partition coefficient (Wildman–Crippen LogP) is 2.16. The fourth-order valence-corrected chi connectivity index (χ4v) is 1.92. The van der Waals surface area contributed by atoms with Gasteiger partial charge in [0, 0.05) is 12.6 Å². The molecule has 0 saturated heterocycles. The van der Waals surface area contributed by atoms with Crippen molar-refractivity contribution in [2.45, 2.75) is 6.92 Å². The summed E-state index contributed by atoms with van der Waals surface area (Å²) in [7, 11) is 1.88. The zero-order valence-electron chi connectivity index (χ0n) is 11.9. The van der Waals surface area contributed by atoms with Crippen LogP contribution in [-0.2, 0) is 7.05 Å². The Kier molecular flexibility index (Phi) is 3.52. The number of imidazole rings is 1. The number of benzene rings is 1. The molecule has 5 nitrogen and oxygen atoms in total. The average molecular weight is 278 g/mol. The van der Waals surface area contributed by atoms with Crippen molar-refractivity contribution in [3.63, 3.8) is 0 Å². The maximum absolute atomic E-state index is 5.53. The molecule has 0 spiro atoms. The molecule has 0 fully saturated rings. The second kappa shape index (κ2) is 5.63.